The standard InChI is InChI=1S/2C19H20ClNO/c2*1-3-21(4-2)18-12-5-15(6-13-18)7-14-19(22)16-8-10-17(20)11-9-16/h2*5-14H,3-4H2,1-2H3/b2*14-7+. The van der Waals surface area contributed by atoms with Crippen LogP contribution in [0, 0.1) is 0 Å². The first kappa shape index (κ1) is 34.4. The number of ketones is 2. The average molecular weight is 628 g/mol. The molecule has 0 amide bonds. The summed E-state index contributed by atoms with van der Waals surface area (Å²) in [5, 5.41) is 1.26. The zero-order valence-electron chi connectivity index (χ0n) is 25.8. The smallest absolute Gasteiger partial charge is 0.185 e. The summed E-state index contributed by atoms with van der Waals surface area (Å²) >= 11 is 11.6. The molecule has 6 heteroatoms. The Morgan fingerprint density at radius 3 is 1.07 bits per heavy atom. The Morgan fingerprint density at radius 2 is 0.795 bits per heavy atom. The number of halogens is 2. The summed E-state index contributed by atoms with van der Waals surface area (Å²) in [5.74, 6) is -0.0472. The maximum atomic E-state index is 12.1. The van der Waals surface area contributed by atoms with Crippen molar-refractivity contribution in [1.29, 1.82) is 0 Å². The molecule has 4 aromatic carbocycles. The van der Waals surface area contributed by atoms with Crippen molar-refractivity contribution in [3.8, 4) is 0 Å². The number of rotatable bonds is 12. The highest BCUT2D eigenvalue weighted by Crippen LogP contribution is 2.18. The fourth-order valence-electron chi connectivity index (χ4n) is 4.53. The average Bonchev–Trinajstić information content (AvgIpc) is 3.06. The number of carbonyl (C=O) groups is 2. The van der Waals surface area contributed by atoms with Gasteiger partial charge in [-0.15, -0.1) is 0 Å². The first-order valence-electron chi connectivity index (χ1n) is 14.9. The minimum absolute atomic E-state index is 0.0236. The van der Waals surface area contributed by atoms with Crippen LogP contribution in [0.15, 0.2) is 109 Å². The minimum Gasteiger partial charge on any atom is -0.372 e. The summed E-state index contributed by atoms with van der Waals surface area (Å²) in [7, 11) is 0. The Kier molecular flexibility index (Phi) is 14.0. The maximum Gasteiger partial charge on any atom is 0.185 e. The van der Waals surface area contributed by atoms with E-state index >= 15 is 0 Å². The molecular formula is C38H40Cl2N2O2. The fourth-order valence-corrected chi connectivity index (χ4v) is 4.79. The fraction of sp³-hybridized carbons (Fsp3) is 0.211. The van der Waals surface area contributed by atoms with Crippen molar-refractivity contribution in [2.24, 2.45) is 0 Å². The van der Waals surface area contributed by atoms with E-state index in [2.05, 4.69) is 61.8 Å². The van der Waals surface area contributed by atoms with E-state index in [1.807, 2.05) is 36.4 Å². The van der Waals surface area contributed by atoms with Crippen molar-refractivity contribution in [1.82, 2.24) is 0 Å². The largest absolute Gasteiger partial charge is 0.372 e. The Balaban J connectivity index is 0.000000240. The lowest BCUT2D eigenvalue weighted by atomic mass is 10.1. The van der Waals surface area contributed by atoms with Crippen molar-refractivity contribution >= 4 is 58.3 Å². The minimum atomic E-state index is -0.0236. The second kappa shape index (κ2) is 17.9. The predicted octanol–water partition coefficient (Wildman–Crippen LogP) is 10.2. The summed E-state index contributed by atoms with van der Waals surface area (Å²) in [6.07, 6.45) is 6.86. The molecule has 0 radical (unpaired) electrons. The summed E-state index contributed by atoms with van der Waals surface area (Å²) in [5.41, 5.74) is 5.70. The van der Waals surface area contributed by atoms with Crippen LogP contribution >= 0.6 is 23.2 Å². The van der Waals surface area contributed by atoms with E-state index in [9.17, 15) is 9.59 Å². The molecule has 0 N–H and O–H groups in total. The van der Waals surface area contributed by atoms with Gasteiger partial charge in [0, 0.05) is 58.7 Å². The molecule has 4 aromatic rings. The molecule has 0 saturated carbocycles. The van der Waals surface area contributed by atoms with E-state index in [1.165, 1.54) is 11.4 Å². The lowest BCUT2D eigenvalue weighted by Crippen LogP contribution is -2.21. The molecule has 0 heterocycles. The van der Waals surface area contributed by atoms with Gasteiger partial charge in [0.15, 0.2) is 11.6 Å². The molecule has 4 rings (SSSR count). The number of carbonyl (C=O) groups excluding carboxylic acids is 2. The number of anilines is 2. The van der Waals surface area contributed by atoms with Crippen molar-refractivity contribution in [2.75, 3.05) is 36.0 Å². The van der Waals surface area contributed by atoms with Gasteiger partial charge in [-0.25, -0.2) is 0 Å². The number of allylic oxidation sites excluding steroid dienone is 2. The first-order valence-corrected chi connectivity index (χ1v) is 15.7. The van der Waals surface area contributed by atoms with Gasteiger partial charge in [0.1, 0.15) is 0 Å². The molecule has 0 atom stereocenters. The van der Waals surface area contributed by atoms with Gasteiger partial charge in [-0.2, -0.15) is 0 Å². The molecule has 0 aromatic heterocycles. The van der Waals surface area contributed by atoms with Crippen molar-refractivity contribution in [3.05, 3.63) is 142 Å². The second-order valence-electron chi connectivity index (χ2n) is 9.94. The van der Waals surface area contributed by atoms with Gasteiger partial charge in [0.25, 0.3) is 0 Å². The normalized spacial score (nSPS) is 10.9. The summed E-state index contributed by atoms with van der Waals surface area (Å²) < 4.78 is 0. The van der Waals surface area contributed by atoms with Crippen molar-refractivity contribution in [3.63, 3.8) is 0 Å². The highest BCUT2D eigenvalue weighted by molar-refractivity contribution is 6.31. The number of hydrogen-bond donors (Lipinski definition) is 0. The van der Waals surface area contributed by atoms with E-state index < -0.39 is 0 Å². The van der Waals surface area contributed by atoms with E-state index in [1.54, 1.807) is 60.7 Å². The third-order valence-corrected chi connectivity index (χ3v) is 7.66. The predicted molar refractivity (Wildman–Crippen MR) is 190 cm³/mol. The summed E-state index contributed by atoms with van der Waals surface area (Å²) in [6.45, 7) is 12.5. The zero-order valence-corrected chi connectivity index (χ0v) is 27.4. The van der Waals surface area contributed by atoms with Crippen LogP contribution < -0.4 is 9.80 Å². The van der Waals surface area contributed by atoms with Crippen LogP contribution in [0.1, 0.15) is 59.5 Å². The molecule has 44 heavy (non-hydrogen) atoms. The van der Waals surface area contributed by atoms with Crippen molar-refractivity contribution in [2.45, 2.75) is 27.7 Å². The molecule has 228 valence electrons. The van der Waals surface area contributed by atoms with Crippen LogP contribution in [0.25, 0.3) is 12.2 Å². The Bertz CT molecular complexity index is 1400. The Labute approximate surface area is 272 Å². The lowest BCUT2D eigenvalue weighted by Gasteiger charge is -2.20. The number of benzene rings is 4. The van der Waals surface area contributed by atoms with Crippen LogP contribution in [0.5, 0.6) is 0 Å². The van der Waals surface area contributed by atoms with Gasteiger partial charge in [-0.05, 0) is 124 Å². The highest BCUT2D eigenvalue weighted by Gasteiger charge is 2.04. The van der Waals surface area contributed by atoms with Crippen LogP contribution in [0.3, 0.4) is 0 Å². The van der Waals surface area contributed by atoms with Gasteiger partial charge in [0.2, 0.25) is 0 Å². The molecule has 0 fully saturated rings. The third kappa shape index (κ3) is 10.6. The van der Waals surface area contributed by atoms with Crippen molar-refractivity contribution < 1.29 is 9.59 Å². The monoisotopic (exact) mass is 626 g/mol. The zero-order chi connectivity index (χ0) is 31.9. The van der Waals surface area contributed by atoms with Gasteiger partial charge in [0.05, 0.1) is 0 Å². The first-order chi connectivity index (χ1) is 21.3. The third-order valence-electron chi connectivity index (χ3n) is 7.16. The van der Waals surface area contributed by atoms with Gasteiger partial charge in [-0.1, -0.05) is 59.6 Å². The molecular weight excluding hydrogens is 587 g/mol. The molecule has 0 aliphatic rings. The topological polar surface area (TPSA) is 40.6 Å². The van der Waals surface area contributed by atoms with Crippen LogP contribution in [0.2, 0.25) is 10.0 Å². The number of hydrogen-bond acceptors (Lipinski definition) is 4. The number of nitrogens with zero attached hydrogens (tertiary/aromatic N) is 2. The Hall–Kier alpha value is -4.12. The molecule has 0 saturated heterocycles. The molecule has 0 aliphatic carbocycles. The van der Waals surface area contributed by atoms with Gasteiger partial charge >= 0.3 is 0 Å². The highest BCUT2D eigenvalue weighted by atomic mass is 35.5. The van der Waals surface area contributed by atoms with E-state index in [-0.39, 0.29) is 11.6 Å². The van der Waals surface area contributed by atoms with E-state index in [4.69, 9.17) is 23.2 Å². The molecule has 4 nitrogen and oxygen atoms in total. The van der Waals surface area contributed by atoms with Crippen LogP contribution in [-0.4, -0.2) is 37.7 Å². The molecule has 0 unspecified atom stereocenters. The Morgan fingerprint density at radius 1 is 0.500 bits per heavy atom. The summed E-state index contributed by atoms with van der Waals surface area (Å²) in [4.78, 5) is 28.7. The quantitative estimate of drug-likeness (QED) is 0.116. The van der Waals surface area contributed by atoms with E-state index in [0.717, 1.165) is 37.3 Å². The lowest BCUT2D eigenvalue weighted by molar-refractivity contribution is 0.103. The molecule has 0 bridgehead atoms. The van der Waals surface area contributed by atoms with Crippen LogP contribution in [-0.2, 0) is 0 Å². The van der Waals surface area contributed by atoms with Gasteiger partial charge in [-0.3, -0.25) is 9.59 Å². The second-order valence-corrected chi connectivity index (χ2v) is 10.8. The van der Waals surface area contributed by atoms with Gasteiger partial charge < -0.3 is 9.80 Å². The maximum absolute atomic E-state index is 12.1. The molecule has 0 spiro atoms. The summed E-state index contributed by atoms with van der Waals surface area (Å²) in [6, 6.07) is 30.3. The van der Waals surface area contributed by atoms with Crippen LogP contribution in [0.4, 0.5) is 11.4 Å². The van der Waals surface area contributed by atoms with E-state index in [0.29, 0.717) is 21.2 Å². The SMILES string of the molecule is CCN(CC)c1ccc(/C=C/C(=O)c2ccc(Cl)cc2)cc1.CCN(CC)c1ccc(/C=C/C(=O)c2ccc(Cl)cc2)cc1. The molecule has 0 aliphatic heterocycles.